The van der Waals surface area contributed by atoms with E-state index in [2.05, 4.69) is 22.2 Å². The van der Waals surface area contributed by atoms with Crippen molar-refractivity contribution in [1.82, 2.24) is 15.0 Å². The van der Waals surface area contributed by atoms with Crippen LogP contribution < -0.4 is 0 Å². The maximum Gasteiger partial charge on any atom is 0.419 e. The summed E-state index contributed by atoms with van der Waals surface area (Å²) in [5.41, 5.74) is 0.0448. The topological polar surface area (TPSA) is 30.7 Å². The van der Waals surface area contributed by atoms with Crippen LogP contribution in [0, 0.1) is 17.8 Å². The molecule has 0 atom stereocenters. The Morgan fingerprint density at radius 1 is 1.04 bits per heavy atom. The van der Waals surface area contributed by atoms with E-state index >= 15 is 0 Å². The van der Waals surface area contributed by atoms with E-state index in [1.807, 2.05) is 6.07 Å². The number of rotatable bonds is 2. The molecule has 0 N–H and O–H groups in total. The van der Waals surface area contributed by atoms with Crippen molar-refractivity contribution in [1.29, 1.82) is 0 Å². The lowest BCUT2D eigenvalue weighted by atomic mass is 10.0. The number of fused-ring (bicyclic) bond motifs is 1. The van der Waals surface area contributed by atoms with Crippen LogP contribution in [0.3, 0.4) is 0 Å². The van der Waals surface area contributed by atoms with Crippen LogP contribution in [0.4, 0.5) is 13.2 Å². The van der Waals surface area contributed by atoms with Crippen LogP contribution in [0.25, 0.3) is 11.0 Å². The average molecular weight is 341 g/mol. The van der Waals surface area contributed by atoms with Gasteiger partial charge in [-0.05, 0) is 43.0 Å². The molecular formula is C19H14F3N3. The second kappa shape index (κ2) is 5.92. The summed E-state index contributed by atoms with van der Waals surface area (Å²) in [5.74, 6) is 5.92. The van der Waals surface area contributed by atoms with E-state index in [1.54, 1.807) is 35.0 Å². The summed E-state index contributed by atoms with van der Waals surface area (Å²) in [6.07, 6.45) is -2.36. The Hall–Kier alpha value is -2.81. The maximum absolute atomic E-state index is 13.6. The minimum atomic E-state index is -4.54. The van der Waals surface area contributed by atoms with Gasteiger partial charge in [0.25, 0.3) is 0 Å². The zero-order valence-electron chi connectivity index (χ0n) is 13.2. The molecule has 1 aromatic heterocycles. The number of alkyl halides is 3. The first kappa shape index (κ1) is 15.7. The predicted molar refractivity (Wildman–Crippen MR) is 87.7 cm³/mol. The van der Waals surface area contributed by atoms with Gasteiger partial charge in [-0.1, -0.05) is 35.3 Å². The van der Waals surface area contributed by atoms with Crippen LogP contribution in [0.2, 0.25) is 0 Å². The van der Waals surface area contributed by atoms with E-state index in [-0.39, 0.29) is 11.1 Å². The summed E-state index contributed by atoms with van der Waals surface area (Å²) in [6, 6.07) is 12.0. The smallest absolute Gasteiger partial charge is 0.244 e. The Morgan fingerprint density at radius 2 is 1.80 bits per heavy atom. The standard InChI is InChI=1S/C19H14F3N3/c20-19(21,22)17-15(9-8-13-4-2-1-3-5-13)10-11-16-18(17)23-24-25(16)12-14-6-7-14/h1-5,10-11,14H,6-7,12H2. The number of hydrogen-bond acceptors (Lipinski definition) is 2. The fourth-order valence-electron chi connectivity index (χ4n) is 2.77. The van der Waals surface area contributed by atoms with Crippen LogP contribution >= 0.6 is 0 Å². The zero-order valence-corrected chi connectivity index (χ0v) is 13.2. The van der Waals surface area contributed by atoms with Crippen molar-refractivity contribution < 1.29 is 13.2 Å². The number of nitrogens with zero attached hydrogens (tertiary/aromatic N) is 3. The molecule has 4 rings (SSSR count). The van der Waals surface area contributed by atoms with Crippen molar-refractivity contribution in [3.05, 3.63) is 59.2 Å². The largest absolute Gasteiger partial charge is 0.419 e. The van der Waals surface area contributed by atoms with Crippen molar-refractivity contribution in [3.63, 3.8) is 0 Å². The summed E-state index contributed by atoms with van der Waals surface area (Å²) < 4.78 is 42.5. The molecule has 3 aromatic rings. The fourth-order valence-corrected chi connectivity index (χ4v) is 2.77. The Bertz CT molecular complexity index is 974. The molecule has 0 amide bonds. The molecule has 1 fully saturated rings. The van der Waals surface area contributed by atoms with E-state index < -0.39 is 11.7 Å². The van der Waals surface area contributed by atoms with Gasteiger partial charge < -0.3 is 0 Å². The molecule has 1 saturated carbocycles. The van der Waals surface area contributed by atoms with Crippen molar-refractivity contribution in [2.75, 3.05) is 0 Å². The summed E-state index contributed by atoms with van der Waals surface area (Å²) in [7, 11) is 0. The summed E-state index contributed by atoms with van der Waals surface area (Å²) in [5, 5.41) is 7.73. The number of hydrogen-bond donors (Lipinski definition) is 0. The molecule has 0 spiro atoms. The summed E-state index contributed by atoms with van der Waals surface area (Å²) in [4.78, 5) is 0. The number of halogens is 3. The lowest BCUT2D eigenvalue weighted by Crippen LogP contribution is -2.09. The first-order chi connectivity index (χ1) is 12.0. The second-order valence-corrected chi connectivity index (χ2v) is 6.18. The Labute approximate surface area is 142 Å². The number of benzene rings is 2. The van der Waals surface area contributed by atoms with Gasteiger partial charge in [-0.15, -0.1) is 5.10 Å². The van der Waals surface area contributed by atoms with Crippen molar-refractivity contribution >= 4 is 11.0 Å². The van der Waals surface area contributed by atoms with Gasteiger partial charge in [-0.25, -0.2) is 4.68 Å². The van der Waals surface area contributed by atoms with Crippen LogP contribution in [-0.4, -0.2) is 15.0 Å². The van der Waals surface area contributed by atoms with Gasteiger partial charge in [0.15, 0.2) is 0 Å². The molecule has 126 valence electrons. The Balaban J connectivity index is 1.83. The van der Waals surface area contributed by atoms with Crippen LogP contribution in [-0.2, 0) is 12.7 Å². The molecule has 0 bridgehead atoms. The molecule has 1 aliphatic carbocycles. The molecule has 6 heteroatoms. The first-order valence-corrected chi connectivity index (χ1v) is 8.03. The third kappa shape index (κ3) is 3.22. The monoisotopic (exact) mass is 341 g/mol. The Kier molecular flexibility index (Phi) is 3.72. The lowest BCUT2D eigenvalue weighted by molar-refractivity contribution is -0.136. The highest BCUT2D eigenvalue weighted by atomic mass is 19.4. The SMILES string of the molecule is FC(F)(F)c1c(C#Cc2ccccc2)ccc2c1nnn2CC1CC1. The molecule has 3 nitrogen and oxygen atoms in total. The molecule has 2 aromatic carbocycles. The highest BCUT2D eigenvalue weighted by Crippen LogP contribution is 2.37. The molecule has 1 aliphatic rings. The van der Waals surface area contributed by atoms with Gasteiger partial charge in [0, 0.05) is 17.7 Å². The highest BCUT2D eigenvalue weighted by molar-refractivity contribution is 5.81. The van der Waals surface area contributed by atoms with E-state index in [9.17, 15) is 13.2 Å². The molecular weight excluding hydrogens is 327 g/mol. The first-order valence-electron chi connectivity index (χ1n) is 8.03. The van der Waals surface area contributed by atoms with Gasteiger partial charge in [-0.3, -0.25) is 0 Å². The molecule has 25 heavy (non-hydrogen) atoms. The third-order valence-electron chi connectivity index (χ3n) is 4.21. The number of aromatic nitrogens is 3. The van der Waals surface area contributed by atoms with Crippen molar-refractivity contribution in [2.24, 2.45) is 5.92 Å². The van der Waals surface area contributed by atoms with Gasteiger partial charge >= 0.3 is 6.18 Å². The zero-order chi connectivity index (χ0) is 17.4. The molecule has 0 radical (unpaired) electrons. The molecule has 1 heterocycles. The van der Waals surface area contributed by atoms with Crippen LogP contribution in [0.1, 0.15) is 29.5 Å². The third-order valence-corrected chi connectivity index (χ3v) is 4.21. The lowest BCUT2D eigenvalue weighted by Gasteiger charge is -2.10. The fraction of sp³-hybridized carbons (Fsp3) is 0.263. The molecule has 0 unspecified atom stereocenters. The summed E-state index contributed by atoms with van der Waals surface area (Å²) >= 11 is 0. The minimum absolute atomic E-state index is 0.0812. The maximum atomic E-state index is 13.6. The molecule has 0 saturated heterocycles. The highest BCUT2D eigenvalue weighted by Gasteiger charge is 2.37. The van der Waals surface area contributed by atoms with E-state index in [1.165, 1.54) is 6.07 Å². The average Bonchev–Trinajstić information content (AvgIpc) is 3.32. The van der Waals surface area contributed by atoms with Crippen molar-refractivity contribution in [3.8, 4) is 11.8 Å². The van der Waals surface area contributed by atoms with Crippen LogP contribution in [0.15, 0.2) is 42.5 Å². The molecule has 0 aliphatic heterocycles. The van der Waals surface area contributed by atoms with E-state index in [0.717, 1.165) is 12.8 Å². The van der Waals surface area contributed by atoms with E-state index in [0.29, 0.717) is 23.5 Å². The summed E-state index contributed by atoms with van der Waals surface area (Å²) in [6.45, 7) is 0.614. The van der Waals surface area contributed by atoms with E-state index in [4.69, 9.17) is 0 Å². The van der Waals surface area contributed by atoms with Gasteiger partial charge in [0.05, 0.1) is 5.52 Å². The normalized spacial score (nSPS) is 14.4. The van der Waals surface area contributed by atoms with Crippen LogP contribution in [0.5, 0.6) is 0 Å². The van der Waals surface area contributed by atoms with Gasteiger partial charge in [0.2, 0.25) is 0 Å². The minimum Gasteiger partial charge on any atom is -0.244 e. The Morgan fingerprint density at radius 3 is 2.48 bits per heavy atom. The second-order valence-electron chi connectivity index (χ2n) is 6.18. The quantitative estimate of drug-likeness (QED) is 0.652. The van der Waals surface area contributed by atoms with Gasteiger partial charge in [0.1, 0.15) is 11.1 Å². The van der Waals surface area contributed by atoms with Crippen molar-refractivity contribution in [2.45, 2.75) is 25.6 Å². The predicted octanol–water partition coefficient (Wildman–Crippen LogP) is 4.26. The van der Waals surface area contributed by atoms with Gasteiger partial charge in [-0.2, -0.15) is 13.2 Å².